The highest BCUT2D eigenvalue weighted by Gasteiger charge is 2.27. The Morgan fingerprint density at radius 2 is 2.00 bits per heavy atom. The van der Waals surface area contributed by atoms with Crippen molar-refractivity contribution in [3.05, 3.63) is 48.3 Å². The van der Waals surface area contributed by atoms with Crippen molar-refractivity contribution in [1.82, 2.24) is 4.98 Å². The number of nitrogens with zero attached hydrogens (tertiary/aromatic N) is 1. The van der Waals surface area contributed by atoms with Gasteiger partial charge in [0, 0.05) is 29.3 Å². The number of fused-ring (bicyclic) bond motifs is 1. The fraction of sp³-hybridized carbons (Fsp3) is 0.263. The molecule has 1 amide bonds. The van der Waals surface area contributed by atoms with Crippen LogP contribution in [0.2, 0.25) is 0 Å². The van der Waals surface area contributed by atoms with Gasteiger partial charge < -0.3 is 15.5 Å². The first-order valence-corrected chi connectivity index (χ1v) is 8.31. The van der Waals surface area contributed by atoms with Crippen molar-refractivity contribution in [3.63, 3.8) is 0 Å². The molecule has 5 nitrogen and oxygen atoms in total. The number of nitrogens with two attached hydrogens (primary N) is 1. The Morgan fingerprint density at radius 1 is 1.20 bits per heavy atom. The second-order valence-corrected chi connectivity index (χ2v) is 6.47. The number of nitrogens with one attached hydrogen (secondary N) is 1. The number of halogens is 1. The van der Waals surface area contributed by atoms with Gasteiger partial charge in [-0.05, 0) is 55.7 Å². The molecular formula is C19H18FN3O2. The molecule has 0 saturated heterocycles. The second kappa shape index (κ2) is 6.29. The van der Waals surface area contributed by atoms with Gasteiger partial charge in [-0.2, -0.15) is 0 Å². The molecular weight excluding hydrogens is 321 g/mol. The fourth-order valence-corrected chi connectivity index (χ4v) is 3.22. The minimum atomic E-state index is -0.309. The lowest BCUT2D eigenvalue weighted by atomic mass is 10.1. The van der Waals surface area contributed by atoms with E-state index in [0.717, 1.165) is 19.3 Å². The van der Waals surface area contributed by atoms with Gasteiger partial charge in [0.2, 0.25) is 11.8 Å². The van der Waals surface area contributed by atoms with E-state index in [9.17, 15) is 9.18 Å². The Kier molecular flexibility index (Phi) is 3.97. The van der Waals surface area contributed by atoms with Crippen molar-refractivity contribution < 1.29 is 13.6 Å². The smallest absolute Gasteiger partial charge is 0.227 e. The van der Waals surface area contributed by atoms with E-state index in [1.807, 2.05) is 0 Å². The number of hydrogen-bond donors (Lipinski definition) is 2. The van der Waals surface area contributed by atoms with Crippen molar-refractivity contribution in [2.24, 2.45) is 11.7 Å². The number of amides is 1. The lowest BCUT2D eigenvalue weighted by Gasteiger charge is -2.10. The van der Waals surface area contributed by atoms with Gasteiger partial charge in [-0.25, -0.2) is 9.37 Å². The summed E-state index contributed by atoms with van der Waals surface area (Å²) in [4.78, 5) is 16.7. The Balaban J connectivity index is 1.56. The molecule has 1 aromatic heterocycles. The highest BCUT2D eigenvalue weighted by Crippen LogP contribution is 2.28. The van der Waals surface area contributed by atoms with E-state index in [2.05, 4.69) is 10.3 Å². The average Bonchev–Trinajstić information content (AvgIpc) is 3.21. The van der Waals surface area contributed by atoms with Crippen LogP contribution in [0.15, 0.2) is 46.9 Å². The molecule has 3 N–H and O–H groups in total. The zero-order valence-electron chi connectivity index (χ0n) is 13.5. The third-order valence-electron chi connectivity index (χ3n) is 4.59. The second-order valence-electron chi connectivity index (χ2n) is 6.47. The number of rotatable bonds is 3. The van der Waals surface area contributed by atoms with Gasteiger partial charge in [-0.1, -0.05) is 0 Å². The summed E-state index contributed by atoms with van der Waals surface area (Å²) in [6, 6.07) is 11.4. The molecule has 3 aromatic rings. The van der Waals surface area contributed by atoms with Gasteiger partial charge in [0.05, 0.1) is 0 Å². The molecule has 2 aromatic carbocycles. The van der Waals surface area contributed by atoms with Gasteiger partial charge in [-0.15, -0.1) is 0 Å². The Labute approximate surface area is 144 Å². The van der Waals surface area contributed by atoms with Crippen molar-refractivity contribution in [2.45, 2.75) is 25.3 Å². The molecule has 128 valence electrons. The number of oxazole rings is 1. The summed E-state index contributed by atoms with van der Waals surface area (Å²) in [5.74, 6) is 0.0671. The normalized spacial score (nSPS) is 20.1. The number of carbonyl (C=O) groups is 1. The standard InChI is InChI=1S/C19H18FN3O2/c20-13-4-1-11(2-5-13)19-23-16-8-7-15(10-17(16)25-19)22-18(24)12-3-6-14(21)9-12/h1-2,4-5,7-8,10,12,14H,3,6,9,21H2,(H,22,24). The van der Waals surface area contributed by atoms with E-state index >= 15 is 0 Å². The number of aromatic nitrogens is 1. The van der Waals surface area contributed by atoms with Crippen LogP contribution in [-0.4, -0.2) is 16.9 Å². The topological polar surface area (TPSA) is 81.2 Å². The fourth-order valence-electron chi connectivity index (χ4n) is 3.22. The predicted octanol–water partition coefficient (Wildman–Crippen LogP) is 3.70. The van der Waals surface area contributed by atoms with Crippen LogP contribution in [0.25, 0.3) is 22.6 Å². The lowest BCUT2D eigenvalue weighted by Crippen LogP contribution is -2.23. The summed E-state index contributed by atoms with van der Waals surface area (Å²) in [6.45, 7) is 0. The molecule has 4 rings (SSSR count). The van der Waals surface area contributed by atoms with Crippen molar-refractivity contribution in [1.29, 1.82) is 0 Å². The summed E-state index contributed by atoms with van der Waals surface area (Å²) >= 11 is 0. The molecule has 2 unspecified atom stereocenters. The molecule has 1 heterocycles. The zero-order chi connectivity index (χ0) is 17.4. The lowest BCUT2D eigenvalue weighted by molar-refractivity contribution is -0.119. The van der Waals surface area contributed by atoms with E-state index in [1.54, 1.807) is 30.3 Å². The van der Waals surface area contributed by atoms with E-state index < -0.39 is 0 Å². The Bertz CT molecular complexity index is 920. The van der Waals surface area contributed by atoms with Crippen LogP contribution in [-0.2, 0) is 4.79 Å². The maximum absolute atomic E-state index is 13.0. The first-order valence-electron chi connectivity index (χ1n) is 8.31. The third kappa shape index (κ3) is 3.25. The zero-order valence-corrected chi connectivity index (χ0v) is 13.5. The molecule has 0 aliphatic heterocycles. The number of carbonyl (C=O) groups excluding carboxylic acids is 1. The largest absolute Gasteiger partial charge is 0.436 e. The molecule has 6 heteroatoms. The highest BCUT2D eigenvalue weighted by atomic mass is 19.1. The van der Waals surface area contributed by atoms with Gasteiger partial charge >= 0.3 is 0 Å². The van der Waals surface area contributed by atoms with Gasteiger partial charge in [-0.3, -0.25) is 4.79 Å². The summed E-state index contributed by atoms with van der Waals surface area (Å²) in [7, 11) is 0. The first-order chi connectivity index (χ1) is 12.1. The molecule has 1 aliphatic rings. The third-order valence-corrected chi connectivity index (χ3v) is 4.59. The van der Waals surface area contributed by atoms with Crippen LogP contribution in [0, 0.1) is 11.7 Å². The average molecular weight is 339 g/mol. The number of hydrogen-bond acceptors (Lipinski definition) is 4. The summed E-state index contributed by atoms with van der Waals surface area (Å²) < 4.78 is 18.8. The Morgan fingerprint density at radius 3 is 2.72 bits per heavy atom. The molecule has 1 fully saturated rings. The monoisotopic (exact) mass is 339 g/mol. The van der Waals surface area contributed by atoms with Crippen LogP contribution >= 0.6 is 0 Å². The van der Waals surface area contributed by atoms with Crippen LogP contribution in [0.1, 0.15) is 19.3 Å². The predicted molar refractivity (Wildman–Crippen MR) is 93.3 cm³/mol. The van der Waals surface area contributed by atoms with Crippen LogP contribution in [0.4, 0.5) is 10.1 Å². The number of anilines is 1. The molecule has 2 atom stereocenters. The molecule has 0 bridgehead atoms. The van der Waals surface area contributed by atoms with Crippen LogP contribution in [0.5, 0.6) is 0 Å². The molecule has 25 heavy (non-hydrogen) atoms. The molecule has 1 aliphatic carbocycles. The SMILES string of the molecule is NC1CCC(C(=O)Nc2ccc3nc(-c4ccc(F)cc4)oc3c2)C1. The minimum Gasteiger partial charge on any atom is -0.436 e. The minimum absolute atomic E-state index is 0.00873. The van der Waals surface area contributed by atoms with E-state index in [0.29, 0.717) is 28.2 Å². The number of benzene rings is 2. The summed E-state index contributed by atoms with van der Waals surface area (Å²) in [6.07, 6.45) is 2.44. The van der Waals surface area contributed by atoms with Gasteiger partial charge in [0.25, 0.3) is 0 Å². The quantitative estimate of drug-likeness (QED) is 0.762. The van der Waals surface area contributed by atoms with Crippen LogP contribution < -0.4 is 11.1 Å². The molecule has 0 radical (unpaired) electrons. The van der Waals surface area contributed by atoms with Gasteiger partial charge in [0.15, 0.2) is 5.58 Å². The van der Waals surface area contributed by atoms with Crippen LogP contribution in [0.3, 0.4) is 0 Å². The van der Waals surface area contributed by atoms with Crippen molar-refractivity contribution >= 4 is 22.7 Å². The first kappa shape index (κ1) is 15.8. The maximum atomic E-state index is 13.0. The summed E-state index contributed by atoms with van der Waals surface area (Å²) in [5, 5.41) is 2.92. The maximum Gasteiger partial charge on any atom is 0.227 e. The van der Waals surface area contributed by atoms with E-state index in [1.165, 1.54) is 12.1 Å². The Hall–Kier alpha value is -2.73. The van der Waals surface area contributed by atoms with E-state index in [4.69, 9.17) is 10.2 Å². The van der Waals surface area contributed by atoms with E-state index in [-0.39, 0.29) is 23.7 Å². The highest BCUT2D eigenvalue weighted by molar-refractivity contribution is 5.94. The summed E-state index contributed by atoms with van der Waals surface area (Å²) in [5.41, 5.74) is 8.49. The van der Waals surface area contributed by atoms with Crippen molar-refractivity contribution in [2.75, 3.05) is 5.32 Å². The molecule has 1 saturated carbocycles. The van der Waals surface area contributed by atoms with Gasteiger partial charge in [0.1, 0.15) is 11.3 Å². The van der Waals surface area contributed by atoms with Crippen molar-refractivity contribution in [3.8, 4) is 11.5 Å². The molecule has 0 spiro atoms.